The number of hydrogen-bond donors (Lipinski definition) is 0. The molecule has 0 saturated heterocycles. The van der Waals surface area contributed by atoms with Crippen molar-refractivity contribution in [3.05, 3.63) is 69.0 Å². The van der Waals surface area contributed by atoms with Gasteiger partial charge in [-0.2, -0.15) is 0 Å². The molecule has 3 heteroatoms. The molecule has 0 aliphatic rings. The molecular formula is C14H11BrFI. The highest BCUT2D eigenvalue weighted by Crippen LogP contribution is 2.28. The lowest BCUT2D eigenvalue weighted by atomic mass is 10.0. The van der Waals surface area contributed by atoms with Crippen LogP contribution in [0.15, 0.2) is 48.5 Å². The van der Waals surface area contributed by atoms with Gasteiger partial charge >= 0.3 is 0 Å². The second kappa shape index (κ2) is 5.96. The summed E-state index contributed by atoms with van der Waals surface area (Å²) in [6.45, 7) is 0. The summed E-state index contributed by atoms with van der Waals surface area (Å²) < 4.78 is 14.3. The first-order chi connectivity index (χ1) is 8.15. The van der Waals surface area contributed by atoms with Gasteiger partial charge in [-0.3, -0.25) is 0 Å². The number of alkyl halides is 1. The third-order valence-electron chi connectivity index (χ3n) is 2.51. The van der Waals surface area contributed by atoms with E-state index in [2.05, 4.69) is 56.7 Å². The summed E-state index contributed by atoms with van der Waals surface area (Å²) in [5, 5.41) is 0. The van der Waals surface area contributed by atoms with Gasteiger partial charge < -0.3 is 0 Å². The molecule has 88 valence electrons. The summed E-state index contributed by atoms with van der Waals surface area (Å²) in [6, 6.07) is 15.1. The van der Waals surface area contributed by atoms with E-state index in [1.807, 2.05) is 12.1 Å². The molecule has 0 radical (unpaired) electrons. The molecule has 0 bridgehead atoms. The molecule has 0 aliphatic carbocycles. The molecule has 0 N–H and O–H groups in total. The van der Waals surface area contributed by atoms with Crippen LogP contribution in [0.3, 0.4) is 0 Å². The van der Waals surface area contributed by atoms with E-state index in [0.717, 1.165) is 12.0 Å². The molecule has 1 unspecified atom stereocenters. The highest BCUT2D eigenvalue weighted by molar-refractivity contribution is 14.1. The maximum absolute atomic E-state index is 13.1. The third-order valence-corrected chi connectivity index (χ3v) is 4.04. The van der Waals surface area contributed by atoms with Crippen LogP contribution < -0.4 is 0 Å². The van der Waals surface area contributed by atoms with Gasteiger partial charge in [-0.15, -0.1) is 0 Å². The van der Waals surface area contributed by atoms with Crippen molar-refractivity contribution in [1.82, 2.24) is 0 Å². The van der Waals surface area contributed by atoms with E-state index in [-0.39, 0.29) is 10.6 Å². The lowest BCUT2D eigenvalue weighted by Gasteiger charge is -2.10. The molecule has 0 nitrogen and oxygen atoms in total. The van der Waals surface area contributed by atoms with Crippen molar-refractivity contribution in [2.75, 3.05) is 0 Å². The fourth-order valence-electron chi connectivity index (χ4n) is 1.69. The van der Waals surface area contributed by atoms with Crippen LogP contribution in [0, 0.1) is 9.39 Å². The molecule has 0 fully saturated rings. The second-order valence-electron chi connectivity index (χ2n) is 3.86. The number of rotatable bonds is 3. The van der Waals surface area contributed by atoms with E-state index in [1.165, 1.54) is 15.2 Å². The maximum atomic E-state index is 13.1. The lowest BCUT2D eigenvalue weighted by molar-refractivity contribution is 0.625. The zero-order valence-corrected chi connectivity index (χ0v) is 12.8. The lowest BCUT2D eigenvalue weighted by Crippen LogP contribution is -1.96. The van der Waals surface area contributed by atoms with Gasteiger partial charge in [0, 0.05) is 8.40 Å². The zero-order valence-electron chi connectivity index (χ0n) is 9.04. The van der Waals surface area contributed by atoms with Crippen LogP contribution in [0.1, 0.15) is 16.0 Å². The molecular weight excluding hydrogens is 394 g/mol. The van der Waals surface area contributed by atoms with Crippen LogP contribution in [-0.2, 0) is 6.42 Å². The fraction of sp³-hybridized carbons (Fsp3) is 0.143. The molecule has 0 aliphatic heterocycles. The van der Waals surface area contributed by atoms with Gasteiger partial charge in [0.1, 0.15) is 5.82 Å². The average Bonchev–Trinajstić information content (AvgIpc) is 2.29. The van der Waals surface area contributed by atoms with Crippen molar-refractivity contribution in [2.24, 2.45) is 0 Å². The molecule has 0 amide bonds. The Hall–Kier alpha value is -0.420. The van der Waals surface area contributed by atoms with Gasteiger partial charge in [-0.05, 0) is 64.4 Å². The van der Waals surface area contributed by atoms with Gasteiger partial charge in [-0.25, -0.2) is 4.39 Å². The predicted octanol–water partition coefficient (Wildman–Crippen LogP) is 5.11. The molecule has 0 heterocycles. The van der Waals surface area contributed by atoms with E-state index in [1.54, 1.807) is 12.1 Å². The number of halogens is 3. The standard InChI is InChI=1S/C14H11BrFI/c15-14(11-4-2-6-13(17)9-11)8-10-3-1-5-12(16)7-10/h1-7,9,14H,8H2. The van der Waals surface area contributed by atoms with E-state index in [9.17, 15) is 4.39 Å². The Bertz CT molecular complexity index is 513. The van der Waals surface area contributed by atoms with Gasteiger partial charge in [-0.1, -0.05) is 40.2 Å². The monoisotopic (exact) mass is 404 g/mol. The molecule has 1 atom stereocenters. The first-order valence-electron chi connectivity index (χ1n) is 5.29. The van der Waals surface area contributed by atoms with Crippen LogP contribution in [0.2, 0.25) is 0 Å². The smallest absolute Gasteiger partial charge is 0.123 e. The summed E-state index contributed by atoms with van der Waals surface area (Å²) >= 11 is 5.95. The van der Waals surface area contributed by atoms with Crippen molar-refractivity contribution in [3.63, 3.8) is 0 Å². The molecule has 17 heavy (non-hydrogen) atoms. The second-order valence-corrected chi connectivity index (χ2v) is 6.21. The summed E-state index contributed by atoms with van der Waals surface area (Å²) in [5.74, 6) is -0.176. The van der Waals surface area contributed by atoms with Crippen molar-refractivity contribution in [2.45, 2.75) is 11.2 Å². The molecule has 2 aromatic rings. The third kappa shape index (κ3) is 3.78. The summed E-state index contributed by atoms with van der Waals surface area (Å²) in [7, 11) is 0. The Morgan fingerprint density at radius 3 is 2.59 bits per heavy atom. The Labute approximate surface area is 123 Å². The van der Waals surface area contributed by atoms with Crippen LogP contribution >= 0.6 is 38.5 Å². The fourth-order valence-corrected chi connectivity index (χ4v) is 2.92. The summed E-state index contributed by atoms with van der Waals surface area (Å²) in [4.78, 5) is 0.221. The van der Waals surface area contributed by atoms with Gasteiger partial charge in [0.2, 0.25) is 0 Å². The first kappa shape index (κ1) is 13.0. The van der Waals surface area contributed by atoms with Crippen LogP contribution in [0.25, 0.3) is 0 Å². The first-order valence-corrected chi connectivity index (χ1v) is 7.28. The van der Waals surface area contributed by atoms with Crippen molar-refractivity contribution >= 4 is 38.5 Å². The highest BCUT2D eigenvalue weighted by atomic mass is 127. The van der Waals surface area contributed by atoms with Crippen LogP contribution in [0.4, 0.5) is 4.39 Å². The molecule has 0 spiro atoms. The minimum Gasteiger partial charge on any atom is -0.207 e. The van der Waals surface area contributed by atoms with E-state index >= 15 is 0 Å². The topological polar surface area (TPSA) is 0 Å². The van der Waals surface area contributed by atoms with Gasteiger partial charge in [0.15, 0.2) is 0 Å². The van der Waals surface area contributed by atoms with E-state index < -0.39 is 0 Å². The van der Waals surface area contributed by atoms with E-state index in [0.29, 0.717) is 0 Å². The number of benzene rings is 2. The Morgan fingerprint density at radius 2 is 1.88 bits per heavy atom. The highest BCUT2D eigenvalue weighted by Gasteiger charge is 2.09. The Kier molecular flexibility index (Phi) is 4.56. The van der Waals surface area contributed by atoms with Crippen LogP contribution in [-0.4, -0.2) is 0 Å². The SMILES string of the molecule is Fc1cccc(CC(Br)c2cccc(I)c2)c1. The van der Waals surface area contributed by atoms with Crippen molar-refractivity contribution in [1.29, 1.82) is 0 Å². The predicted molar refractivity (Wildman–Crippen MR) is 80.9 cm³/mol. The maximum Gasteiger partial charge on any atom is 0.123 e. The number of hydrogen-bond acceptors (Lipinski definition) is 0. The van der Waals surface area contributed by atoms with Gasteiger partial charge in [0.25, 0.3) is 0 Å². The Morgan fingerprint density at radius 1 is 1.12 bits per heavy atom. The van der Waals surface area contributed by atoms with Crippen LogP contribution in [0.5, 0.6) is 0 Å². The quantitative estimate of drug-likeness (QED) is 0.492. The minimum atomic E-state index is -0.176. The summed E-state index contributed by atoms with van der Waals surface area (Å²) in [6.07, 6.45) is 0.790. The largest absolute Gasteiger partial charge is 0.207 e. The minimum absolute atomic E-state index is 0.176. The molecule has 0 saturated carbocycles. The van der Waals surface area contributed by atoms with Crippen molar-refractivity contribution < 1.29 is 4.39 Å². The van der Waals surface area contributed by atoms with E-state index in [4.69, 9.17) is 0 Å². The van der Waals surface area contributed by atoms with Crippen molar-refractivity contribution in [3.8, 4) is 0 Å². The molecule has 0 aromatic heterocycles. The Balaban J connectivity index is 2.14. The zero-order chi connectivity index (χ0) is 12.3. The summed E-state index contributed by atoms with van der Waals surface area (Å²) in [5.41, 5.74) is 2.23. The molecule has 2 rings (SSSR count). The molecule has 2 aromatic carbocycles. The average molecular weight is 405 g/mol. The normalized spacial score (nSPS) is 12.4. The van der Waals surface area contributed by atoms with Gasteiger partial charge in [0.05, 0.1) is 0 Å².